The molecule has 1 rings (SSSR count). The molecule has 0 aliphatic heterocycles. The summed E-state index contributed by atoms with van der Waals surface area (Å²) in [6, 6.07) is 7.58. The van der Waals surface area contributed by atoms with Gasteiger partial charge >= 0.3 is 0 Å². The minimum Gasteiger partial charge on any atom is -0.491 e. The van der Waals surface area contributed by atoms with Gasteiger partial charge in [0.25, 0.3) is 0 Å². The van der Waals surface area contributed by atoms with Gasteiger partial charge in [-0.05, 0) is 35.8 Å². The smallest absolute Gasteiger partial charge is 0.133 e. The van der Waals surface area contributed by atoms with Crippen LogP contribution in [0.2, 0.25) is 0 Å². The van der Waals surface area contributed by atoms with Crippen LogP contribution < -0.4 is 4.74 Å². The van der Waals surface area contributed by atoms with E-state index >= 15 is 0 Å². The van der Waals surface area contributed by atoms with Crippen LogP contribution in [0.4, 0.5) is 0 Å². The second-order valence-electron chi connectivity index (χ2n) is 4.16. The highest BCUT2D eigenvalue weighted by molar-refractivity contribution is 6.09. The van der Waals surface area contributed by atoms with Crippen molar-refractivity contribution in [3.05, 3.63) is 48.2 Å². The van der Waals surface area contributed by atoms with Crippen molar-refractivity contribution < 1.29 is 9.47 Å². The quantitative estimate of drug-likeness (QED) is 0.434. The number of allylic oxidation sites excluding steroid dienone is 2. The van der Waals surface area contributed by atoms with Crippen molar-refractivity contribution in [2.24, 2.45) is 4.99 Å². The molecule has 0 aliphatic rings. The second kappa shape index (κ2) is 7.93. The van der Waals surface area contributed by atoms with E-state index in [2.05, 4.69) is 18.2 Å². The second-order valence-corrected chi connectivity index (χ2v) is 4.16. The first kappa shape index (κ1) is 15.7. The molecule has 0 bridgehead atoms. The molecule has 4 heteroatoms. The Hall–Kier alpha value is -2.38. The van der Waals surface area contributed by atoms with Gasteiger partial charge in [0.2, 0.25) is 0 Å². The normalized spacial score (nSPS) is 10.2. The number of ether oxygens (including phenoxy) is 2. The molecule has 0 saturated carbocycles. The molecule has 0 fully saturated rings. The molecule has 0 radical (unpaired) electrons. The standard InChI is InChI=1S/C16H18N2O2/c1-12-9-15(20-8-7-19-4)5-6-16(12)13(2)11-18-14(3)10-17/h5-6,9,11H,2-3,7-8H2,1,4H3. The predicted octanol–water partition coefficient (Wildman–Crippen LogP) is 3.14. The Balaban J connectivity index is 2.77. The van der Waals surface area contributed by atoms with Gasteiger partial charge in [-0.25, -0.2) is 4.99 Å². The van der Waals surface area contributed by atoms with E-state index in [1.807, 2.05) is 31.2 Å². The van der Waals surface area contributed by atoms with Gasteiger partial charge in [0.15, 0.2) is 0 Å². The van der Waals surface area contributed by atoms with Crippen LogP contribution in [0.5, 0.6) is 5.75 Å². The van der Waals surface area contributed by atoms with Crippen LogP contribution in [0.15, 0.2) is 42.0 Å². The predicted molar refractivity (Wildman–Crippen MR) is 80.8 cm³/mol. The first-order chi connectivity index (χ1) is 9.58. The molecule has 0 N–H and O–H groups in total. The molecule has 104 valence electrons. The monoisotopic (exact) mass is 270 g/mol. The molecule has 0 spiro atoms. The molecular formula is C16H18N2O2. The Morgan fingerprint density at radius 2 is 2.15 bits per heavy atom. The van der Waals surface area contributed by atoms with Gasteiger partial charge in [-0.2, -0.15) is 5.26 Å². The molecular weight excluding hydrogens is 252 g/mol. The average Bonchev–Trinajstić information content (AvgIpc) is 2.44. The van der Waals surface area contributed by atoms with E-state index in [-0.39, 0.29) is 5.70 Å². The van der Waals surface area contributed by atoms with E-state index in [1.165, 1.54) is 0 Å². The van der Waals surface area contributed by atoms with E-state index in [9.17, 15) is 0 Å². The number of methoxy groups -OCH3 is 1. The van der Waals surface area contributed by atoms with E-state index in [1.54, 1.807) is 13.3 Å². The highest BCUT2D eigenvalue weighted by Crippen LogP contribution is 2.22. The molecule has 0 aliphatic carbocycles. The van der Waals surface area contributed by atoms with Gasteiger partial charge in [0, 0.05) is 13.3 Å². The van der Waals surface area contributed by atoms with Crippen LogP contribution in [0, 0.1) is 18.3 Å². The zero-order valence-corrected chi connectivity index (χ0v) is 11.8. The van der Waals surface area contributed by atoms with Crippen molar-refractivity contribution in [2.75, 3.05) is 20.3 Å². The van der Waals surface area contributed by atoms with E-state index in [4.69, 9.17) is 14.7 Å². The van der Waals surface area contributed by atoms with Crippen LogP contribution in [0.1, 0.15) is 11.1 Å². The van der Waals surface area contributed by atoms with Gasteiger partial charge in [-0.15, -0.1) is 0 Å². The summed E-state index contributed by atoms with van der Waals surface area (Å²) in [5.41, 5.74) is 2.86. The van der Waals surface area contributed by atoms with E-state index in [0.717, 1.165) is 22.4 Å². The summed E-state index contributed by atoms with van der Waals surface area (Å²) in [6.07, 6.45) is 1.54. The van der Waals surface area contributed by atoms with Crippen LogP contribution >= 0.6 is 0 Å². The molecule has 0 atom stereocenters. The number of nitrogens with zero attached hydrogens (tertiary/aromatic N) is 2. The summed E-state index contributed by atoms with van der Waals surface area (Å²) in [4.78, 5) is 3.92. The van der Waals surface area contributed by atoms with Gasteiger partial charge in [0.1, 0.15) is 24.1 Å². The summed E-state index contributed by atoms with van der Waals surface area (Å²) >= 11 is 0. The molecule has 1 aromatic rings. The van der Waals surface area contributed by atoms with Gasteiger partial charge in [-0.3, -0.25) is 0 Å². The Kier molecular flexibility index (Phi) is 6.21. The fraction of sp³-hybridized carbons (Fsp3) is 0.250. The van der Waals surface area contributed by atoms with Crippen LogP contribution in [0.3, 0.4) is 0 Å². The first-order valence-corrected chi connectivity index (χ1v) is 6.13. The zero-order valence-electron chi connectivity index (χ0n) is 11.8. The summed E-state index contributed by atoms with van der Waals surface area (Å²) in [7, 11) is 1.64. The highest BCUT2D eigenvalue weighted by Gasteiger charge is 2.03. The van der Waals surface area contributed by atoms with Gasteiger partial charge < -0.3 is 9.47 Å². The fourth-order valence-corrected chi connectivity index (χ4v) is 1.58. The van der Waals surface area contributed by atoms with Crippen LogP contribution in [-0.2, 0) is 4.74 Å². The average molecular weight is 270 g/mol. The van der Waals surface area contributed by atoms with Crippen molar-refractivity contribution in [3.8, 4) is 11.8 Å². The lowest BCUT2D eigenvalue weighted by Gasteiger charge is -2.10. The summed E-state index contributed by atoms with van der Waals surface area (Å²) in [5.74, 6) is 0.787. The molecule has 1 aromatic carbocycles. The summed E-state index contributed by atoms with van der Waals surface area (Å²) < 4.78 is 10.5. The van der Waals surface area contributed by atoms with E-state index < -0.39 is 0 Å². The minimum atomic E-state index is 0.156. The molecule has 0 saturated heterocycles. The molecule has 0 heterocycles. The number of hydrogen-bond donors (Lipinski definition) is 0. The number of nitriles is 1. The molecule has 4 nitrogen and oxygen atoms in total. The Morgan fingerprint density at radius 3 is 2.75 bits per heavy atom. The lowest BCUT2D eigenvalue weighted by molar-refractivity contribution is 0.146. The lowest BCUT2D eigenvalue weighted by atomic mass is 10.0. The van der Waals surface area contributed by atoms with Crippen LogP contribution in [-0.4, -0.2) is 26.5 Å². The largest absolute Gasteiger partial charge is 0.491 e. The van der Waals surface area contributed by atoms with Crippen molar-refractivity contribution >= 4 is 11.8 Å². The lowest BCUT2D eigenvalue weighted by Crippen LogP contribution is -2.04. The van der Waals surface area contributed by atoms with Crippen molar-refractivity contribution in [1.82, 2.24) is 0 Å². The third-order valence-corrected chi connectivity index (χ3v) is 2.61. The van der Waals surface area contributed by atoms with Crippen molar-refractivity contribution in [2.45, 2.75) is 6.92 Å². The Morgan fingerprint density at radius 1 is 1.40 bits per heavy atom. The SMILES string of the molecule is C=C(C#N)N=CC(=C)c1ccc(OCCOC)cc1C. The van der Waals surface area contributed by atoms with E-state index in [0.29, 0.717) is 13.2 Å². The summed E-state index contributed by atoms with van der Waals surface area (Å²) in [5, 5.41) is 8.59. The number of rotatable bonds is 7. The topological polar surface area (TPSA) is 54.6 Å². The Labute approximate surface area is 119 Å². The zero-order chi connectivity index (χ0) is 15.0. The number of hydrogen-bond acceptors (Lipinski definition) is 4. The third kappa shape index (κ3) is 4.71. The maximum Gasteiger partial charge on any atom is 0.133 e. The first-order valence-electron chi connectivity index (χ1n) is 6.13. The maximum absolute atomic E-state index is 8.59. The minimum absolute atomic E-state index is 0.156. The van der Waals surface area contributed by atoms with Gasteiger partial charge in [0.05, 0.1) is 6.61 Å². The maximum atomic E-state index is 8.59. The van der Waals surface area contributed by atoms with Crippen LogP contribution in [0.25, 0.3) is 5.57 Å². The molecule has 0 amide bonds. The molecule has 20 heavy (non-hydrogen) atoms. The number of aryl methyl sites for hydroxylation is 1. The number of aliphatic imine (C=N–C) groups is 1. The highest BCUT2D eigenvalue weighted by atomic mass is 16.5. The third-order valence-electron chi connectivity index (χ3n) is 2.61. The van der Waals surface area contributed by atoms with Crippen molar-refractivity contribution in [1.29, 1.82) is 5.26 Å². The summed E-state index contributed by atoms with van der Waals surface area (Å²) in [6.45, 7) is 10.5. The van der Waals surface area contributed by atoms with Gasteiger partial charge in [-0.1, -0.05) is 19.2 Å². The number of benzene rings is 1. The molecule has 0 aromatic heterocycles. The van der Waals surface area contributed by atoms with Crippen molar-refractivity contribution in [3.63, 3.8) is 0 Å². The fourth-order valence-electron chi connectivity index (χ4n) is 1.58. The Bertz CT molecular complexity index is 568. The molecule has 0 unspecified atom stereocenters.